The molecule has 4 nitrogen and oxygen atoms in total. The standard InChI is InChI=1S/C7H9NO3S/c1-2-12-4-6-8-5(3-11-6)7(9)10/h3H,2,4H2,1H3,(H,9,10). The van der Waals surface area contributed by atoms with Gasteiger partial charge in [-0.1, -0.05) is 6.92 Å². The third-order valence-corrected chi connectivity index (χ3v) is 2.06. The molecule has 0 amide bonds. The first-order chi connectivity index (χ1) is 5.74. The first kappa shape index (κ1) is 9.12. The Morgan fingerprint density at radius 2 is 2.58 bits per heavy atom. The van der Waals surface area contributed by atoms with Crippen molar-refractivity contribution in [2.45, 2.75) is 12.7 Å². The quantitative estimate of drug-likeness (QED) is 0.776. The second kappa shape index (κ2) is 4.15. The fourth-order valence-corrected chi connectivity index (χ4v) is 1.18. The molecule has 0 unspecified atom stereocenters. The summed E-state index contributed by atoms with van der Waals surface area (Å²) in [4.78, 5) is 14.1. The van der Waals surface area contributed by atoms with E-state index in [0.717, 1.165) is 12.0 Å². The maximum atomic E-state index is 10.4. The van der Waals surface area contributed by atoms with E-state index in [1.54, 1.807) is 11.8 Å². The van der Waals surface area contributed by atoms with Crippen LogP contribution in [0.5, 0.6) is 0 Å². The summed E-state index contributed by atoms with van der Waals surface area (Å²) in [5.74, 6) is 1.01. The number of aromatic carboxylic acids is 1. The highest BCUT2D eigenvalue weighted by molar-refractivity contribution is 7.98. The molecule has 5 heteroatoms. The van der Waals surface area contributed by atoms with E-state index >= 15 is 0 Å². The van der Waals surface area contributed by atoms with Crippen molar-refractivity contribution in [3.63, 3.8) is 0 Å². The molecule has 0 saturated heterocycles. The zero-order chi connectivity index (χ0) is 8.97. The van der Waals surface area contributed by atoms with Crippen LogP contribution in [0.25, 0.3) is 0 Å². The minimum absolute atomic E-state index is 0.0262. The zero-order valence-electron chi connectivity index (χ0n) is 6.61. The summed E-state index contributed by atoms with van der Waals surface area (Å²) in [5.41, 5.74) is -0.0262. The van der Waals surface area contributed by atoms with Gasteiger partial charge in [0, 0.05) is 0 Å². The summed E-state index contributed by atoms with van der Waals surface area (Å²) < 4.78 is 4.92. The van der Waals surface area contributed by atoms with Gasteiger partial charge in [-0.3, -0.25) is 0 Å². The summed E-state index contributed by atoms with van der Waals surface area (Å²) in [6.45, 7) is 2.02. The average molecular weight is 187 g/mol. The van der Waals surface area contributed by atoms with Crippen LogP contribution < -0.4 is 0 Å². The second-order valence-corrected chi connectivity index (χ2v) is 3.34. The molecule has 66 valence electrons. The van der Waals surface area contributed by atoms with E-state index in [1.165, 1.54) is 0 Å². The van der Waals surface area contributed by atoms with Crippen molar-refractivity contribution < 1.29 is 14.3 Å². The van der Waals surface area contributed by atoms with Gasteiger partial charge in [0.25, 0.3) is 0 Å². The maximum absolute atomic E-state index is 10.4. The summed E-state index contributed by atoms with van der Waals surface area (Å²) in [7, 11) is 0. The summed E-state index contributed by atoms with van der Waals surface area (Å²) in [6, 6.07) is 0. The highest BCUT2D eigenvalue weighted by Gasteiger charge is 2.09. The molecule has 0 aliphatic carbocycles. The number of carbonyl (C=O) groups is 1. The maximum Gasteiger partial charge on any atom is 0.357 e. The fourth-order valence-electron chi connectivity index (χ4n) is 0.665. The van der Waals surface area contributed by atoms with Gasteiger partial charge in [-0.25, -0.2) is 9.78 Å². The second-order valence-electron chi connectivity index (χ2n) is 2.07. The van der Waals surface area contributed by atoms with E-state index in [0.29, 0.717) is 11.6 Å². The molecule has 0 aliphatic heterocycles. The number of aromatic nitrogens is 1. The monoisotopic (exact) mass is 187 g/mol. The lowest BCUT2D eigenvalue weighted by molar-refractivity contribution is 0.0690. The molecule has 12 heavy (non-hydrogen) atoms. The zero-order valence-corrected chi connectivity index (χ0v) is 7.43. The van der Waals surface area contributed by atoms with E-state index in [1.807, 2.05) is 6.92 Å². The van der Waals surface area contributed by atoms with Crippen LogP contribution in [0.15, 0.2) is 10.7 Å². The van der Waals surface area contributed by atoms with Crippen LogP contribution in [-0.2, 0) is 5.75 Å². The van der Waals surface area contributed by atoms with Gasteiger partial charge in [0.15, 0.2) is 5.69 Å². The van der Waals surface area contributed by atoms with Gasteiger partial charge in [-0.2, -0.15) is 11.8 Å². The van der Waals surface area contributed by atoms with E-state index in [2.05, 4.69) is 4.98 Å². The van der Waals surface area contributed by atoms with Gasteiger partial charge in [0.2, 0.25) is 5.89 Å². The highest BCUT2D eigenvalue weighted by Crippen LogP contribution is 2.10. The third kappa shape index (κ3) is 2.27. The molecule has 1 aromatic rings. The molecule has 0 aliphatic rings. The SMILES string of the molecule is CCSCc1nc(C(=O)O)co1. The lowest BCUT2D eigenvalue weighted by Gasteiger charge is -1.89. The minimum Gasteiger partial charge on any atom is -0.476 e. The molecule has 1 N–H and O–H groups in total. The number of hydrogen-bond acceptors (Lipinski definition) is 4. The van der Waals surface area contributed by atoms with E-state index < -0.39 is 5.97 Å². The predicted octanol–water partition coefficient (Wildman–Crippen LogP) is 1.63. The van der Waals surface area contributed by atoms with Gasteiger partial charge >= 0.3 is 5.97 Å². The Labute approximate surface area is 74.0 Å². The van der Waals surface area contributed by atoms with Crippen molar-refractivity contribution in [3.05, 3.63) is 17.8 Å². The Kier molecular flexibility index (Phi) is 3.16. The first-order valence-electron chi connectivity index (χ1n) is 3.49. The largest absolute Gasteiger partial charge is 0.476 e. The van der Waals surface area contributed by atoms with Gasteiger partial charge in [0.1, 0.15) is 6.26 Å². The molecule has 0 spiro atoms. The number of hydrogen-bond donors (Lipinski definition) is 1. The van der Waals surface area contributed by atoms with Crippen LogP contribution in [0.3, 0.4) is 0 Å². The normalized spacial score (nSPS) is 10.1. The van der Waals surface area contributed by atoms with E-state index in [4.69, 9.17) is 9.52 Å². The van der Waals surface area contributed by atoms with Crippen molar-refractivity contribution in [1.82, 2.24) is 4.98 Å². The van der Waals surface area contributed by atoms with Crippen molar-refractivity contribution in [1.29, 1.82) is 0 Å². The van der Waals surface area contributed by atoms with Crippen LogP contribution in [-0.4, -0.2) is 21.8 Å². The summed E-state index contributed by atoms with van der Waals surface area (Å²) in [5, 5.41) is 8.49. The average Bonchev–Trinajstić information content (AvgIpc) is 2.48. The first-order valence-corrected chi connectivity index (χ1v) is 4.65. The van der Waals surface area contributed by atoms with Crippen LogP contribution in [0.4, 0.5) is 0 Å². The molecular weight excluding hydrogens is 178 g/mol. The predicted molar refractivity (Wildman–Crippen MR) is 45.3 cm³/mol. The van der Waals surface area contributed by atoms with Crippen molar-refractivity contribution in [2.24, 2.45) is 0 Å². The Morgan fingerprint density at radius 3 is 3.08 bits per heavy atom. The van der Waals surface area contributed by atoms with Gasteiger partial charge in [-0.15, -0.1) is 0 Å². The Bertz CT molecular complexity index is 271. The highest BCUT2D eigenvalue weighted by atomic mass is 32.2. The van der Waals surface area contributed by atoms with E-state index in [-0.39, 0.29) is 5.69 Å². The fraction of sp³-hybridized carbons (Fsp3) is 0.429. The van der Waals surface area contributed by atoms with Crippen LogP contribution >= 0.6 is 11.8 Å². The molecule has 0 saturated carbocycles. The lowest BCUT2D eigenvalue weighted by Crippen LogP contribution is -1.96. The molecular formula is C7H9NO3S. The number of rotatable bonds is 4. The van der Waals surface area contributed by atoms with Crippen LogP contribution in [0, 0.1) is 0 Å². The molecule has 1 rings (SSSR count). The molecule has 0 radical (unpaired) electrons. The van der Waals surface area contributed by atoms with Crippen LogP contribution in [0.2, 0.25) is 0 Å². The molecule has 0 atom stereocenters. The Balaban J connectivity index is 2.58. The van der Waals surface area contributed by atoms with Crippen molar-refractivity contribution >= 4 is 17.7 Å². The minimum atomic E-state index is -1.05. The molecule has 0 fully saturated rings. The summed E-state index contributed by atoms with van der Waals surface area (Å²) >= 11 is 1.64. The van der Waals surface area contributed by atoms with E-state index in [9.17, 15) is 4.79 Å². The van der Waals surface area contributed by atoms with Crippen molar-refractivity contribution in [3.8, 4) is 0 Å². The van der Waals surface area contributed by atoms with Crippen LogP contribution in [0.1, 0.15) is 23.3 Å². The van der Waals surface area contributed by atoms with Gasteiger partial charge in [0.05, 0.1) is 5.75 Å². The smallest absolute Gasteiger partial charge is 0.357 e. The third-order valence-electron chi connectivity index (χ3n) is 1.20. The number of oxazole rings is 1. The number of carboxylic acids is 1. The molecule has 1 heterocycles. The number of thioether (sulfide) groups is 1. The topological polar surface area (TPSA) is 63.3 Å². The molecule has 0 aromatic carbocycles. The number of nitrogens with zero attached hydrogens (tertiary/aromatic N) is 1. The lowest BCUT2D eigenvalue weighted by atomic mass is 10.5. The Morgan fingerprint density at radius 1 is 1.83 bits per heavy atom. The molecule has 0 bridgehead atoms. The van der Waals surface area contributed by atoms with Crippen molar-refractivity contribution in [2.75, 3.05) is 5.75 Å². The number of carboxylic acid groups (broad SMARTS) is 1. The molecule has 1 aromatic heterocycles. The van der Waals surface area contributed by atoms with Gasteiger partial charge in [-0.05, 0) is 5.75 Å². The Hall–Kier alpha value is -0.970. The van der Waals surface area contributed by atoms with Gasteiger partial charge < -0.3 is 9.52 Å². The summed E-state index contributed by atoms with van der Waals surface area (Å²) in [6.07, 6.45) is 1.16.